The van der Waals surface area contributed by atoms with Gasteiger partial charge in [0.2, 0.25) is 5.91 Å². The van der Waals surface area contributed by atoms with E-state index in [1.807, 2.05) is 6.20 Å². The van der Waals surface area contributed by atoms with E-state index >= 15 is 0 Å². The maximum Gasteiger partial charge on any atom is 0.220 e. The highest BCUT2D eigenvalue weighted by atomic mass is 19.1. The quantitative estimate of drug-likeness (QED) is 0.175. The minimum absolute atomic E-state index is 0.131. The monoisotopic (exact) mass is 472 g/mol. The van der Waals surface area contributed by atoms with Crippen molar-refractivity contribution < 1.29 is 9.18 Å². The Labute approximate surface area is 207 Å². The van der Waals surface area contributed by atoms with Crippen molar-refractivity contribution in [1.82, 2.24) is 10.3 Å². The lowest BCUT2D eigenvalue weighted by atomic mass is 10.0. The average molecular weight is 473 g/mol. The molecule has 3 nitrogen and oxygen atoms in total. The average Bonchev–Trinajstić information content (AvgIpc) is 3.23. The summed E-state index contributed by atoms with van der Waals surface area (Å²) in [6, 6.07) is 4.77. The Morgan fingerprint density at radius 2 is 1.32 bits per heavy atom. The number of carbonyl (C=O) groups excluding carboxylic acids is 1. The molecule has 0 saturated carbocycles. The van der Waals surface area contributed by atoms with Crippen molar-refractivity contribution in [3.63, 3.8) is 0 Å². The number of rotatable bonds is 21. The van der Waals surface area contributed by atoms with Gasteiger partial charge >= 0.3 is 0 Å². The molecule has 0 unspecified atom stereocenters. The fraction of sp³-hybridized carbons (Fsp3) is 0.700. The molecule has 0 bridgehead atoms. The smallest absolute Gasteiger partial charge is 0.220 e. The lowest BCUT2D eigenvalue weighted by Gasteiger charge is -2.06. The molecule has 0 radical (unpaired) electrons. The second-order valence-electron chi connectivity index (χ2n) is 10.0. The number of benzene rings is 1. The first-order chi connectivity index (χ1) is 16.7. The molecule has 1 heterocycles. The van der Waals surface area contributed by atoms with E-state index in [0.717, 1.165) is 29.3 Å². The first-order valence-electron chi connectivity index (χ1n) is 14.2. The van der Waals surface area contributed by atoms with Crippen LogP contribution in [0.4, 0.5) is 4.39 Å². The van der Waals surface area contributed by atoms with Crippen molar-refractivity contribution in [2.24, 2.45) is 0 Å². The number of hydrogen-bond donors (Lipinski definition) is 2. The SMILES string of the molecule is CCCCCCCCCCCCCCCCCCCC(=O)NCCc1c[nH]c2ccc(F)cc12. The van der Waals surface area contributed by atoms with Gasteiger partial charge in [-0.2, -0.15) is 0 Å². The third-order valence-electron chi connectivity index (χ3n) is 6.95. The minimum atomic E-state index is -0.226. The molecule has 4 heteroatoms. The lowest BCUT2D eigenvalue weighted by Crippen LogP contribution is -2.25. The fourth-order valence-electron chi connectivity index (χ4n) is 4.79. The van der Waals surface area contributed by atoms with E-state index in [1.54, 1.807) is 12.1 Å². The molecule has 2 aromatic rings. The first kappa shape index (κ1) is 28.4. The van der Waals surface area contributed by atoms with E-state index in [1.165, 1.54) is 102 Å². The van der Waals surface area contributed by atoms with Gasteiger partial charge in [-0.3, -0.25) is 4.79 Å². The Morgan fingerprint density at radius 1 is 0.794 bits per heavy atom. The van der Waals surface area contributed by atoms with Crippen LogP contribution >= 0.6 is 0 Å². The Bertz CT molecular complexity index is 785. The van der Waals surface area contributed by atoms with Crippen LogP contribution in [-0.4, -0.2) is 17.4 Å². The molecule has 0 aliphatic heterocycles. The van der Waals surface area contributed by atoms with Gasteiger partial charge in [0.15, 0.2) is 0 Å². The fourth-order valence-corrected chi connectivity index (χ4v) is 4.79. The highest BCUT2D eigenvalue weighted by molar-refractivity contribution is 5.83. The van der Waals surface area contributed by atoms with Crippen LogP contribution in [-0.2, 0) is 11.2 Å². The summed E-state index contributed by atoms with van der Waals surface area (Å²) in [5.74, 6) is -0.0943. The molecule has 0 spiro atoms. The van der Waals surface area contributed by atoms with Crippen LogP contribution in [0, 0.1) is 5.82 Å². The molecule has 0 aliphatic carbocycles. The second-order valence-corrected chi connectivity index (χ2v) is 10.0. The number of aromatic nitrogens is 1. The summed E-state index contributed by atoms with van der Waals surface area (Å²) in [4.78, 5) is 15.2. The topological polar surface area (TPSA) is 44.9 Å². The van der Waals surface area contributed by atoms with Crippen LogP contribution < -0.4 is 5.32 Å². The number of nitrogens with one attached hydrogen (secondary N) is 2. The molecular formula is C30H49FN2O. The molecule has 2 N–H and O–H groups in total. The van der Waals surface area contributed by atoms with Gasteiger partial charge in [-0.1, -0.05) is 110 Å². The number of carbonyl (C=O) groups is 1. The van der Waals surface area contributed by atoms with Crippen LogP contribution in [0.3, 0.4) is 0 Å². The molecule has 34 heavy (non-hydrogen) atoms. The predicted molar refractivity (Wildman–Crippen MR) is 144 cm³/mol. The second kappa shape index (κ2) is 18.5. The molecule has 0 aliphatic rings. The maximum absolute atomic E-state index is 13.5. The van der Waals surface area contributed by atoms with Crippen molar-refractivity contribution >= 4 is 16.8 Å². The van der Waals surface area contributed by atoms with E-state index in [-0.39, 0.29) is 11.7 Å². The van der Waals surface area contributed by atoms with Gasteiger partial charge in [0.05, 0.1) is 0 Å². The van der Waals surface area contributed by atoms with Gasteiger partial charge in [-0.15, -0.1) is 0 Å². The van der Waals surface area contributed by atoms with Gasteiger partial charge < -0.3 is 10.3 Å². The van der Waals surface area contributed by atoms with Crippen molar-refractivity contribution in [3.8, 4) is 0 Å². The number of amides is 1. The molecule has 1 amide bonds. The Morgan fingerprint density at radius 3 is 1.88 bits per heavy atom. The van der Waals surface area contributed by atoms with Gasteiger partial charge in [-0.25, -0.2) is 4.39 Å². The standard InChI is InChI=1S/C30H49FN2O/c1-2-3-4-5-6-7-8-9-10-11-12-13-14-15-16-17-18-19-30(34)32-23-22-26-25-33-29-21-20-27(31)24-28(26)29/h20-21,24-25,33H,2-19,22-23H2,1H3,(H,32,34). The zero-order valence-corrected chi connectivity index (χ0v) is 21.7. The van der Waals surface area contributed by atoms with Gasteiger partial charge in [-0.05, 0) is 36.6 Å². The summed E-state index contributed by atoms with van der Waals surface area (Å²) in [6.45, 7) is 2.88. The number of unbranched alkanes of at least 4 members (excludes halogenated alkanes) is 16. The molecule has 1 aromatic heterocycles. The van der Waals surface area contributed by atoms with Crippen molar-refractivity contribution in [1.29, 1.82) is 0 Å². The van der Waals surface area contributed by atoms with E-state index in [9.17, 15) is 9.18 Å². The number of H-pyrrole nitrogens is 1. The van der Waals surface area contributed by atoms with Crippen molar-refractivity contribution in [2.75, 3.05) is 6.54 Å². The predicted octanol–water partition coefficient (Wildman–Crippen LogP) is 9.01. The molecular weight excluding hydrogens is 423 g/mol. The maximum atomic E-state index is 13.5. The zero-order chi connectivity index (χ0) is 24.3. The number of halogens is 1. The Kier molecular flexibility index (Phi) is 15.4. The highest BCUT2D eigenvalue weighted by Gasteiger charge is 2.06. The number of hydrogen-bond acceptors (Lipinski definition) is 1. The van der Waals surface area contributed by atoms with Crippen LogP contribution in [0.1, 0.15) is 128 Å². The summed E-state index contributed by atoms with van der Waals surface area (Å²) < 4.78 is 13.5. The first-order valence-corrected chi connectivity index (χ1v) is 14.2. The third kappa shape index (κ3) is 12.6. The third-order valence-corrected chi connectivity index (χ3v) is 6.95. The molecule has 192 valence electrons. The van der Waals surface area contributed by atoms with Crippen LogP contribution in [0.15, 0.2) is 24.4 Å². The molecule has 0 fully saturated rings. The van der Waals surface area contributed by atoms with Crippen LogP contribution in [0.2, 0.25) is 0 Å². The molecule has 1 aromatic carbocycles. The summed E-state index contributed by atoms with van der Waals surface area (Å²) in [6.07, 6.45) is 26.2. The van der Waals surface area contributed by atoms with Crippen LogP contribution in [0.25, 0.3) is 10.9 Å². The van der Waals surface area contributed by atoms with E-state index in [0.29, 0.717) is 19.4 Å². The number of fused-ring (bicyclic) bond motifs is 1. The minimum Gasteiger partial charge on any atom is -0.361 e. The Hall–Kier alpha value is -1.84. The largest absolute Gasteiger partial charge is 0.361 e. The van der Waals surface area contributed by atoms with Crippen molar-refractivity contribution in [3.05, 3.63) is 35.8 Å². The molecule has 0 atom stereocenters. The molecule has 2 rings (SSSR count). The highest BCUT2D eigenvalue weighted by Crippen LogP contribution is 2.19. The zero-order valence-electron chi connectivity index (χ0n) is 21.7. The van der Waals surface area contributed by atoms with Gasteiger partial charge in [0.25, 0.3) is 0 Å². The summed E-state index contributed by atoms with van der Waals surface area (Å²) in [5, 5.41) is 3.91. The van der Waals surface area contributed by atoms with E-state index in [2.05, 4.69) is 17.2 Å². The van der Waals surface area contributed by atoms with E-state index < -0.39 is 0 Å². The van der Waals surface area contributed by atoms with Crippen molar-refractivity contribution in [2.45, 2.75) is 129 Å². The summed E-state index contributed by atoms with van der Waals surface area (Å²) in [5.41, 5.74) is 1.99. The normalized spacial score (nSPS) is 11.4. The Balaban J connectivity index is 1.33. The summed E-state index contributed by atoms with van der Waals surface area (Å²) in [7, 11) is 0. The molecule has 0 saturated heterocycles. The number of aromatic amines is 1. The van der Waals surface area contributed by atoms with E-state index in [4.69, 9.17) is 0 Å². The van der Waals surface area contributed by atoms with Gasteiger partial charge in [0.1, 0.15) is 5.82 Å². The lowest BCUT2D eigenvalue weighted by molar-refractivity contribution is -0.121. The summed E-state index contributed by atoms with van der Waals surface area (Å²) >= 11 is 0. The van der Waals surface area contributed by atoms with Crippen LogP contribution in [0.5, 0.6) is 0 Å². The van der Waals surface area contributed by atoms with Gasteiger partial charge in [0, 0.05) is 30.1 Å².